The SMILES string of the molecule is CC(=Nn1c(C)nnc1C)c1ccc(O)cc1. The molecule has 0 radical (unpaired) electrons. The lowest BCUT2D eigenvalue weighted by molar-refractivity contribution is 0.475. The predicted molar refractivity (Wildman–Crippen MR) is 65.2 cm³/mol. The summed E-state index contributed by atoms with van der Waals surface area (Å²) in [7, 11) is 0. The molecule has 0 atom stereocenters. The van der Waals surface area contributed by atoms with Crippen molar-refractivity contribution >= 4 is 5.71 Å². The Hall–Kier alpha value is -2.17. The van der Waals surface area contributed by atoms with Crippen LogP contribution in [0.3, 0.4) is 0 Å². The van der Waals surface area contributed by atoms with Crippen LogP contribution in [0.15, 0.2) is 29.4 Å². The summed E-state index contributed by atoms with van der Waals surface area (Å²) in [5.74, 6) is 1.75. The summed E-state index contributed by atoms with van der Waals surface area (Å²) in [4.78, 5) is 0. The number of benzene rings is 1. The molecule has 5 heteroatoms. The van der Waals surface area contributed by atoms with Gasteiger partial charge in [0.1, 0.15) is 5.75 Å². The Bertz CT molecular complexity index is 535. The van der Waals surface area contributed by atoms with Crippen LogP contribution in [0.1, 0.15) is 24.1 Å². The fraction of sp³-hybridized carbons (Fsp3) is 0.250. The molecular weight excluding hydrogens is 216 g/mol. The first-order valence-electron chi connectivity index (χ1n) is 5.31. The Morgan fingerprint density at radius 3 is 2.18 bits per heavy atom. The molecule has 0 aliphatic rings. The zero-order valence-electron chi connectivity index (χ0n) is 10.0. The topological polar surface area (TPSA) is 63.3 Å². The molecule has 17 heavy (non-hydrogen) atoms. The molecule has 0 fully saturated rings. The van der Waals surface area contributed by atoms with E-state index in [1.54, 1.807) is 16.8 Å². The summed E-state index contributed by atoms with van der Waals surface area (Å²) in [5, 5.41) is 21.5. The first kappa shape index (κ1) is 11.3. The summed E-state index contributed by atoms with van der Waals surface area (Å²) in [6, 6.07) is 6.92. The van der Waals surface area contributed by atoms with E-state index in [0.29, 0.717) is 0 Å². The third-order valence-electron chi connectivity index (χ3n) is 2.49. The number of phenolic OH excluding ortho intramolecular Hbond substituents is 1. The minimum Gasteiger partial charge on any atom is -0.508 e. The van der Waals surface area contributed by atoms with Crippen LogP contribution in [-0.4, -0.2) is 25.7 Å². The smallest absolute Gasteiger partial charge is 0.151 e. The number of phenols is 1. The van der Waals surface area contributed by atoms with Crippen molar-refractivity contribution < 1.29 is 5.11 Å². The highest BCUT2D eigenvalue weighted by Gasteiger charge is 2.04. The van der Waals surface area contributed by atoms with Crippen LogP contribution in [0.4, 0.5) is 0 Å². The quantitative estimate of drug-likeness (QED) is 0.801. The van der Waals surface area contributed by atoms with Crippen molar-refractivity contribution in [3.8, 4) is 5.75 Å². The van der Waals surface area contributed by atoms with Gasteiger partial charge in [-0.15, -0.1) is 10.2 Å². The molecule has 2 rings (SSSR count). The normalized spacial score (nSPS) is 11.8. The van der Waals surface area contributed by atoms with Gasteiger partial charge in [-0.25, -0.2) is 4.68 Å². The third-order valence-corrected chi connectivity index (χ3v) is 2.49. The number of aromatic nitrogens is 3. The minimum absolute atomic E-state index is 0.248. The molecule has 0 spiro atoms. The molecule has 0 amide bonds. The predicted octanol–water partition coefficient (Wildman–Crippen LogP) is 1.87. The molecule has 1 aromatic heterocycles. The molecule has 0 saturated heterocycles. The van der Waals surface area contributed by atoms with Crippen molar-refractivity contribution in [2.45, 2.75) is 20.8 Å². The van der Waals surface area contributed by atoms with Gasteiger partial charge in [0, 0.05) is 0 Å². The maximum Gasteiger partial charge on any atom is 0.151 e. The minimum atomic E-state index is 0.248. The molecule has 0 bridgehead atoms. The third kappa shape index (κ3) is 2.33. The molecule has 88 valence electrons. The lowest BCUT2D eigenvalue weighted by Gasteiger charge is -2.03. The number of aromatic hydroxyl groups is 1. The summed E-state index contributed by atoms with van der Waals surface area (Å²) >= 11 is 0. The lowest BCUT2D eigenvalue weighted by Crippen LogP contribution is -2.02. The van der Waals surface area contributed by atoms with Crippen molar-refractivity contribution in [1.82, 2.24) is 14.9 Å². The Kier molecular flexibility index (Phi) is 2.91. The first-order chi connectivity index (χ1) is 8.08. The van der Waals surface area contributed by atoms with Crippen LogP contribution in [0.25, 0.3) is 0 Å². The van der Waals surface area contributed by atoms with Crippen LogP contribution >= 0.6 is 0 Å². The Labute approximate surface area is 99.4 Å². The maximum absolute atomic E-state index is 9.22. The van der Waals surface area contributed by atoms with Crippen molar-refractivity contribution in [3.05, 3.63) is 41.5 Å². The summed E-state index contributed by atoms with van der Waals surface area (Å²) in [5.41, 5.74) is 1.80. The average Bonchev–Trinajstić information content (AvgIpc) is 2.61. The average molecular weight is 230 g/mol. The van der Waals surface area contributed by atoms with Crippen LogP contribution in [-0.2, 0) is 0 Å². The highest BCUT2D eigenvalue weighted by Crippen LogP contribution is 2.11. The number of aryl methyl sites for hydroxylation is 2. The molecule has 1 N–H and O–H groups in total. The van der Waals surface area contributed by atoms with Crippen LogP contribution in [0, 0.1) is 13.8 Å². The fourth-order valence-electron chi connectivity index (χ4n) is 1.52. The van der Waals surface area contributed by atoms with Gasteiger partial charge in [-0.2, -0.15) is 5.10 Å². The van der Waals surface area contributed by atoms with Gasteiger partial charge in [-0.1, -0.05) is 0 Å². The van der Waals surface area contributed by atoms with Gasteiger partial charge in [0.05, 0.1) is 5.71 Å². The zero-order valence-corrected chi connectivity index (χ0v) is 10.0. The van der Waals surface area contributed by atoms with Gasteiger partial charge in [0.25, 0.3) is 0 Å². The van der Waals surface area contributed by atoms with E-state index >= 15 is 0 Å². The second-order valence-corrected chi connectivity index (χ2v) is 3.84. The van der Waals surface area contributed by atoms with E-state index in [0.717, 1.165) is 22.9 Å². The monoisotopic (exact) mass is 230 g/mol. The van der Waals surface area contributed by atoms with E-state index in [9.17, 15) is 5.11 Å². The van der Waals surface area contributed by atoms with Gasteiger partial charge >= 0.3 is 0 Å². The van der Waals surface area contributed by atoms with E-state index in [4.69, 9.17) is 0 Å². The number of hydrogen-bond donors (Lipinski definition) is 1. The zero-order chi connectivity index (χ0) is 12.4. The molecule has 1 aromatic carbocycles. The maximum atomic E-state index is 9.22. The van der Waals surface area contributed by atoms with Crippen LogP contribution in [0.5, 0.6) is 5.75 Å². The number of nitrogens with zero attached hydrogens (tertiary/aromatic N) is 4. The summed E-state index contributed by atoms with van der Waals surface area (Å²) < 4.78 is 1.70. The number of hydrogen-bond acceptors (Lipinski definition) is 4. The molecule has 0 aliphatic heterocycles. The Morgan fingerprint density at radius 1 is 1.12 bits per heavy atom. The standard InChI is InChI=1S/C12H14N4O/c1-8(11-4-6-12(17)7-5-11)15-16-9(2)13-14-10(16)3/h4-7,17H,1-3H3. The van der Waals surface area contributed by atoms with Crippen LogP contribution < -0.4 is 0 Å². The van der Waals surface area contributed by atoms with Gasteiger partial charge in [-0.05, 0) is 50.6 Å². The Balaban J connectivity index is 2.37. The first-order valence-corrected chi connectivity index (χ1v) is 5.31. The van der Waals surface area contributed by atoms with Crippen molar-refractivity contribution in [2.24, 2.45) is 5.10 Å². The molecule has 2 aromatic rings. The highest BCUT2D eigenvalue weighted by atomic mass is 16.3. The van der Waals surface area contributed by atoms with E-state index in [2.05, 4.69) is 15.3 Å². The second kappa shape index (κ2) is 4.37. The Morgan fingerprint density at radius 2 is 1.65 bits per heavy atom. The lowest BCUT2D eigenvalue weighted by atomic mass is 10.1. The highest BCUT2D eigenvalue weighted by molar-refractivity contribution is 5.98. The molecule has 5 nitrogen and oxygen atoms in total. The molecule has 0 saturated carbocycles. The number of rotatable bonds is 2. The molecule has 0 aliphatic carbocycles. The summed E-state index contributed by atoms with van der Waals surface area (Å²) in [6.45, 7) is 5.62. The molecule has 0 unspecified atom stereocenters. The largest absolute Gasteiger partial charge is 0.508 e. The van der Waals surface area contributed by atoms with Gasteiger partial charge in [0.2, 0.25) is 0 Å². The van der Waals surface area contributed by atoms with E-state index in [1.165, 1.54) is 0 Å². The van der Waals surface area contributed by atoms with Crippen molar-refractivity contribution in [3.63, 3.8) is 0 Å². The summed E-state index contributed by atoms with van der Waals surface area (Å²) in [6.07, 6.45) is 0. The van der Waals surface area contributed by atoms with Gasteiger partial charge in [-0.3, -0.25) is 0 Å². The van der Waals surface area contributed by atoms with Crippen LogP contribution in [0.2, 0.25) is 0 Å². The van der Waals surface area contributed by atoms with Crippen molar-refractivity contribution in [1.29, 1.82) is 0 Å². The second-order valence-electron chi connectivity index (χ2n) is 3.84. The van der Waals surface area contributed by atoms with Gasteiger partial charge < -0.3 is 5.11 Å². The molecular formula is C12H14N4O. The van der Waals surface area contributed by atoms with Gasteiger partial charge in [0.15, 0.2) is 11.6 Å². The van der Waals surface area contributed by atoms with Crippen molar-refractivity contribution in [2.75, 3.05) is 0 Å². The van der Waals surface area contributed by atoms with E-state index < -0.39 is 0 Å². The fourth-order valence-corrected chi connectivity index (χ4v) is 1.52. The van der Waals surface area contributed by atoms with E-state index in [-0.39, 0.29) is 5.75 Å². The van der Waals surface area contributed by atoms with E-state index in [1.807, 2.05) is 32.9 Å². The molecule has 1 heterocycles.